The van der Waals surface area contributed by atoms with Crippen LogP contribution >= 0.6 is 0 Å². The number of amides is 1. The van der Waals surface area contributed by atoms with Crippen LogP contribution in [0.25, 0.3) is 0 Å². The van der Waals surface area contributed by atoms with Crippen molar-refractivity contribution in [3.8, 4) is 0 Å². The Bertz CT molecular complexity index is 281. The number of halogens is 3. The molecular formula is C12H21F3N2O. The quantitative estimate of drug-likeness (QED) is 0.819. The van der Waals surface area contributed by atoms with E-state index in [4.69, 9.17) is 5.73 Å². The van der Waals surface area contributed by atoms with Gasteiger partial charge in [0.25, 0.3) is 0 Å². The number of carbonyl (C=O) groups excluding carboxylic acids is 1. The van der Waals surface area contributed by atoms with E-state index in [2.05, 4.69) is 5.32 Å². The van der Waals surface area contributed by atoms with Crippen molar-refractivity contribution in [2.45, 2.75) is 51.2 Å². The van der Waals surface area contributed by atoms with Gasteiger partial charge in [0.1, 0.15) is 0 Å². The van der Waals surface area contributed by atoms with E-state index in [-0.39, 0.29) is 30.3 Å². The van der Waals surface area contributed by atoms with Gasteiger partial charge >= 0.3 is 6.18 Å². The molecule has 106 valence electrons. The second-order valence-electron chi connectivity index (χ2n) is 5.13. The van der Waals surface area contributed by atoms with Crippen LogP contribution in [0.5, 0.6) is 0 Å². The fourth-order valence-electron chi connectivity index (χ4n) is 2.42. The van der Waals surface area contributed by atoms with Crippen molar-refractivity contribution in [3.63, 3.8) is 0 Å². The number of hydrogen-bond acceptors (Lipinski definition) is 2. The van der Waals surface area contributed by atoms with E-state index in [0.717, 1.165) is 25.7 Å². The lowest BCUT2D eigenvalue weighted by molar-refractivity contribution is -0.137. The minimum absolute atomic E-state index is 0.120. The summed E-state index contributed by atoms with van der Waals surface area (Å²) in [4.78, 5) is 11.7. The number of hydrogen-bond donors (Lipinski definition) is 2. The average Bonchev–Trinajstić information content (AvgIpc) is 2.26. The molecule has 0 aliphatic heterocycles. The maximum Gasteiger partial charge on any atom is 0.390 e. The molecule has 6 heteroatoms. The van der Waals surface area contributed by atoms with Crippen LogP contribution in [-0.2, 0) is 4.79 Å². The van der Waals surface area contributed by atoms with E-state index in [9.17, 15) is 18.0 Å². The molecule has 0 radical (unpaired) electrons. The van der Waals surface area contributed by atoms with Crippen molar-refractivity contribution >= 4 is 5.91 Å². The van der Waals surface area contributed by atoms with E-state index < -0.39 is 12.6 Å². The van der Waals surface area contributed by atoms with Crippen molar-refractivity contribution in [1.82, 2.24) is 5.32 Å². The van der Waals surface area contributed by atoms with Crippen LogP contribution in [-0.4, -0.2) is 24.7 Å². The number of carbonyl (C=O) groups is 1. The highest BCUT2D eigenvalue weighted by Crippen LogP contribution is 2.29. The lowest BCUT2D eigenvalue weighted by Crippen LogP contribution is -2.39. The zero-order valence-electron chi connectivity index (χ0n) is 10.6. The smallest absolute Gasteiger partial charge is 0.356 e. The van der Waals surface area contributed by atoms with Gasteiger partial charge in [-0.3, -0.25) is 4.79 Å². The highest BCUT2D eigenvalue weighted by molar-refractivity contribution is 5.78. The molecule has 0 saturated heterocycles. The summed E-state index contributed by atoms with van der Waals surface area (Å²) in [5.74, 6) is -0.359. The van der Waals surface area contributed by atoms with E-state index >= 15 is 0 Å². The molecule has 1 saturated carbocycles. The van der Waals surface area contributed by atoms with Gasteiger partial charge < -0.3 is 11.1 Å². The Labute approximate surface area is 105 Å². The van der Waals surface area contributed by atoms with Gasteiger partial charge in [-0.1, -0.05) is 13.3 Å². The maximum absolute atomic E-state index is 11.9. The first-order valence-electron chi connectivity index (χ1n) is 6.39. The summed E-state index contributed by atoms with van der Waals surface area (Å²) in [5, 5.41) is 2.35. The second kappa shape index (κ2) is 6.41. The molecule has 1 aliphatic carbocycles. The molecule has 0 spiro atoms. The molecule has 0 aromatic rings. The van der Waals surface area contributed by atoms with Crippen LogP contribution in [0.4, 0.5) is 13.2 Å². The van der Waals surface area contributed by atoms with Gasteiger partial charge in [-0.05, 0) is 25.2 Å². The van der Waals surface area contributed by atoms with Gasteiger partial charge in [0, 0.05) is 18.5 Å². The summed E-state index contributed by atoms with van der Waals surface area (Å²) in [5.41, 5.74) is 5.84. The predicted molar refractivity (Wildman–Crippen MR) is 62.8 cm³/mol. The largest absolute Gasteiger partial charge is 0.390 e. The Kier molecular flexibility index (Phi) is 5.44. The molecule has 1 fully saturated rings. The van der Waals surface area contributed by atoms with Crippen LogP contribution in [0.3, 0.4) is 0 Å². The predicted octanol–water partition coefficient (Wildman–Crippen LogP) is 2.21. The Morgan fingerprint density at radius 3 is 2.67 bits per heavy atom. The molecule has 3 nitrogen and oxygen atoms in total. The zero-order chi connectivity index (χ0) is 13.8. The SMILES string of the molecule is CC(C(=O)NCCC(F)(F)F)C1CCCC(N)C1. The third-order valence-corrected chi connectivity index (χ3v) is 3.58. The Morgan fingerprint density at radius 1 is 1.44 bits per heavy atom. The van der Waals surface area contributed by atoms with Crippen molar-refractivity contribution in [2.75, 3.05) is 6.54 Å². The topological polar surface area (TPSA) is 55.1 Å². The number of alkyl halides is 3. The highest BCUT2D eigenvalue weighted by atomic mass is 19.4. The van der Waals surface area contributed by atoms with E-state index in [0.29, 0.717) is 0 Å². The average molecular weight is 266 g/mol. The first kappa shape index (κ1) is 15.3. The third-order valence-electron chi connectivity index (χ3n) is 3.58. The minimum Gasteiger partial charge on any atom is -0.356 e. The van der Waals surface area contributed by atoms with Crippen LogP contribution in [0.1, 0.15) is 39.0 Å². The fourth-order valence-corrected chi connectivity index (χ4v) is 2.42. The molecular weight excluding hydrogens is 245 g/mol. The summed E-state index contributed by atoms with van der Waals surface area (Å²) in [6.07, 6.45) is -1.51. The van der Waals surface area contributed by atoms with Gasteiger partial charge in [0.2, 0.25) is 5.91 Å². The lowest BCUT2D eigenvalue weighted by Gasteiger charge is -2.30. The Balaban J connectivity index is 2.32. The first-order chi connectivity index (χ1) is 8.29. The molecule has 0 heterocycles. The van der Waals surface area contributed by atoms with E-state index in [1.807, 2.05) is 0 Å². The summed E-state index contributed by atoms with van der Waals surface area (Å²) >= 11 is 0. The number of rotatable bonds is 4. The van der Waals surface area contributed by atoms with Crippen LogP contribution in [0.2, 0.25) is 0 Å². The number of nitrogens with two attached hydrogens (primary N) is 1. The molecule has 1 rings (SSSR count). The van der Waals surface area contributed by atoms with Crippen molar-refractivity contribution in [2.24, 2.45) is 17.6 Å². The van der Waals surface area contributed by atoms with Crippen molar-refractivity contribution < 1.29 is 18.0 Å². The minimum atomic E-state index is -4.22. The third kappa shape index (κ3) is 5.25. The molecule has 18 heavy (non-hydrogen) atoms. The standard InChI is InChI=1S/C12H21F3N2O/c1-8(9-3-2-4-10(16)7-9)11(18)17-6-5-12(13,14)15/h8-10H,2-7,16H2,1H3,(H,17,18). The van der Waals surface area contributed by atoms with E-state index in [1.165, 1.54) is 0 Å². The molecule has 0 aromatic heterocycles. The maximum atomic E-state index is 11.9. The van der Waals surface area contributed by atoms with Gasteiger partial charge in [0.05, 0.1) is 6.42 Å². The van der Waals surface area contributed by atoms with Gasteiger partial charge in [-0.2, -0.15) is 13.2 Å². The molecule has 0 aromatic carbocycles. The molecule has 1 amide bonds. The fraction of sp³-hybridized carbons (Fsp3) is 0.917. The summed E-state index contributed by atoms with van der Waals surface area (Å²) in [7, 11) is 0. The van der Waals surface area contributed by atoms with Gasteiger partial charge in [0.15, 0.2) is 0 Å². The van der Waals surface area contributed by atoms with E-state index in [1.54, 1.807) is 6.92 Å². The summed E-state index contributed by atoms with van der Waals surface area (Å²) in [6, 6.07) is 0.120. The van der Waals surface area contributed by atoms with Crippen molar-refractivity contribution in [1.29, 1.82) is 0 Å². The zero-order valence-corrected chi connectivity index (χ0v) is 10.6. The molecule has 3 N–H and O–H groups in total. The molecule has 0 bridgehead atoms. The monoisotopic (exact) mass is 266 g/mol. The Morgan fingerprint density at radius 2 is 2.11 bits per heavy atom. The van der Waals surface area contributed by atoms with Crippen LogP contribution in [0.15, 0.2) is 0 Å². The summed E-state index contributed by atoms with van der Waals surface area (Å²) < 4.78 is 35.8. The lowest BCUT2D eigenvalue weighted by atomic mass is 9.78. The summed E-state index contributed by atoms with van der Waals surface area (Å²) in [6.45, 7) is 1.43. The van der Waals surface area contributed by atoms with Gasteiger partial charge in [-0.25, -0.2) is 0 Å². The highest BCUT2D eigenvalue weighted by Gasteiger charge is 2.30. The molecule has 1 aliphatic rings. The van der Waals surface area contributed by atoms with Crippen LogP contribution in [0, 0.1) is 11.8 Å². The Hall–Kier alpha value is -0.780. The first-order valence-corrected chi connectivity index (χ1v) is 6.39. The van der Waals surface area contributed by atoms with Gasteiger partial charge in [-0.15, -0.1) is 0 Å². The molecule has 3 unspecified atom stereocenters. The number of nitrogens with one attached hydrogen (secondary N) is 1. The molecule has 3 atom stereocenters. The second-order valence-corrected chi connectivity index (χ2v) is 5.13. The van der Waals surface area contributed by atoms with Crippen LogP contribution < -0.4 is 11.1 Å². The normalized spacial score (nSPS) is 26.7. The van der Waals surface area contributed by atoms with Crippen molar-refractivity contribution in [3.05, 3.63) is 0 Å².